The van der Waals surface area contributed by atoms with E-state index in [-0.39, 0.29) is 5.78 Å². The summed E-state index contributed by atoms with van der Waals surface area (Å²) in [6.07, 6.45) is 0. The van der Waals surface area contributed by atoms with Crippen LogP contribution < -0.4 is 0 Å². The largest absolute Gasteiger partial charge is 0.293 e. The zero-order valence-electron chi connectivity index (χ0n) is 9.85. The van der Waals surface area contributed by atoms with Crippen molar-refractivity contribution in [2.24, 2.45) is 0 Å². The van der Waals surface area contributed by atoms with Crippen molar-refractivity contribution in [2.45, 2.75) is 5.33 Å². The van der Waals surface area contributed by atoms with Gasteiger partial charge in [0.15, 0.2) is 5.78 Å². The zero-order valence-corrected chi connectivity index (χ0v) is 13.0. The number of halogens is 2. The maximum Gasteiger partial charge on any atom is 0.173 e. The van der Waals surface area contributed by atoms with Crippen molar-refractivity contribution in [1.29, 1.82) is 0 Å². The molecule has 0 spiro atoms. The Kier molecular flexibility index (Phi) is 7.62. The van der Waals surface area contributed by atoms with E-state index >= 15 is 0 Å². The summed E-state index contributed by atoms with van der Waals surface area (Å²) in [5.41, 5.74) is 2.09. The van der Waals surface area contributed by atoms with Gasteiger partial charge in [-0.3, -0.25) is 4.79 Å². The van der Waals surface area contributed by atoms with Crippen molar-refractivity contribution in [3.8, 4) is 0 Å². The van der Waals surface area contributed by atoms with Crippen LogP contribution in [0.1, 0.15) is 15.9 Å². The second-order valence-electron chi connectivity index (χ2n) is 3.54. The van der Waals surface area contributed by atoms with Gasteiger partial charge in [0, 0.05) is 10.9 Å². The quantitative estimate of drug-likeness (QED) is 0.558. The zero-order chi connectivity index (χ0) is 13.2. The Hall–Kier alpha value is -0.930. The lowest BCUT2D eigenvalue weighted by Crippen LogP contribution is -1.98. The van der Waals surface area contributed by atoms with Crippen LogP contribution in [0.15, 0.2) is 60.7 Å². The molecule has 0 amide bonds. The third-order valence-corrected chi connectivity index (χ3v) is 3.37. The minimum atomic E-state index is 0.126. The Morgan fingerprint density at radius 3 is 1.72 bits per heavy atom. The van der Waals surface area contributed by atoms with Gasteiger partial charge in [0.25, 0.3) is 0 Å². The molecule has 0 saturated carbocycles. The maximum atomic E-state index is 11.0. The molecule has 0 atom stereocenters. The molecule has 0 aliphatic carbocycles. The molecule has 0 heterocycles. The van der Waals surface area contributed by atoms with E-state index < -0.39 is 0 Å². The van der Waals surface area contributed by atoms with Crippen LogP contribution in [0.5, 0.6) is 0 Å². The summed E-state index contributed by atoms with van der Waals surface area (Å²) >= 11 is 6.46. The van der Waals surface area contributed by atoms with Gasteiger partial charge in [-0.05, 0) is 5.56 Å². The third-order valence-electron chi connectivity index (χ3n) is 2.21. The molecule has 0 bridgehead atoms. The van der Waals surface area contributed by atoms with Crippen LogP contribution in [0, 0.1) is 0 Å². The first kappa shape index (κ1) is 15.1. The lowest BCUT2D eigenvalue weighted by molar-refractivity contribution is 0.102. The molecule has 0 unspecified atom stereocenters. The molecule has 0 saturated heterocycles. The monoisotopic (exact) mass is 368 g/mol. The summed E-state index contributed by atoms with van der Waals surface area (Å²) in [5, 5.41) is 1.35. The number of carbonyl (C=O) groups is 1. The number of hydrogen-bond donors (Lipinski definition) is 0. The van der Waals surface area contributed by atoms with Gasteiger partial charge in [-0.1, -0.05) is 92.5 Å². The number of rotatable bonds is 3. The molecule has 1 nitrogen and oxygen atoms in total. The lowest BCUT2D eigenvalue weighted by Gasteiger charge is -1.92. The van der Waals surface area contributed by atoms with E-state index in [1.54, 1.807) is 0 Å². The van der Waals surface area contributed by atoms with Crippen molar-refractivity contribution in [2.75, 3.05) is 5.33 Å². The standard InChI is InChI=1S/C8H7BrO.C7H7Br/c9-6-8(10)7-4-2-1-3-5-7;8-6-7-4-2-1-3-5-7/h1-5H,6H2;1-5H,6H2. The van der Waals surface area contributed by atoms with E-state index in [9.17, 15) is 4.79 Å². The van der Waals surface area contributed by atoms with Gasteiger partial charge in [0.1, 0.15) is 0 Å². The van der Waals surface area contributed by atoms with Crippen molar-refractivity contribution < 1.29 is 4.79 Å². The maximum absolute atomic E-state index is 11.0. The highest BCUT2D eigenvalue weighted by Crippen LogP contribution is 2.02. The number of Topliss-reactive ketones (excluding diaryl/α,β-unsaturated/α-hetero) is 1. The van der Waals surface area contributed by atoms with Crippen LogP contribution in [0.4, 0.5) is 0 Å². The topological polar surface area (TPSA) is 17.1 Å². The molecular formula is C15H14Br2O. The van der Waals surface area contributed by atoms with Crippen LogP contribution >= 0.6 is 31.9 Å². The first-order valence-electron chi connectivity index (χ1n) is 5.52. The Balaban J connectivity index is 0.000000184. The number of ketones is 1. The predicted octanol–water partition coefficient (Wildman–Crippen LogP) is 4.85. The van der Waals surface area contributed by atoms with E-state index in [0.29, 0.717) is 5.33 Å². The molecule has 2 aromatic rings. The predicted molar refractivity (Wildman–Crippen MR) is 83.6 cm³/mol. The molecule has 0 aliphatic heterocycles. The van der Waals surface area contributed by atoms with Crippen LogP contribution in [0.25, 0.3) is 0 Å². The first-order chi connectivity index (χ1) is 8.77. The SMILES string of the molecule is BrCc1ccccc1.O=C(CBr)c1ccccc1. The second kappa shape index (κ2) is 9.06. The highest BCUT2D eigenvalue weighted by Gasteiger charge is 1.99. The molecule has 2 rings (SSSR count). The molecule has 2 aromatic carbocycles. The van der Waals surface area contributed by atoms with Crippen LogP contribution in [0.3, 0.4) is 0 Å². The van der Waals surface area contributed by atoms with Gasteiger partial charge in [-0.2, -0.15) is 0 Å². The van der Waals surface area contributed by atoms with Gasteiger partial charge in [-0.25, -0.2) is 0 Å². The number of hydrogen-bond acceptors (Lipinski definition) is 1. The Bertz CT molecular complexity index is 454. The van der Waals surface area contributed by atoms with Crippen LogP contribution in [0.2, 0.25) is 0 Å². The smallest absolute Gasteiger partial charge is 0.173 e. The Morgan fingerprint density at radius 1 is 0.833 bits per heavy atom. The van der Waals surface area contributed by atoms with Gasteiger partial charge < -0.3 is 0 Å². The van der Waals surface area contributed by atoms with Crippen molar-refractivity contribution in [1.82, 2.24) is 0 Å². The highest BCUT2D eigenvalue weighted by molar-refractivity contribution is 9.09. The molecule has 0 N–H and O–H groups in total. The van der Waals surface area contributed by atoms with Crippen molar-refractivity contribution in [3.63, 3.8) is 0 Å². The fraction of sp³-hybridized carbons (Fsp3) is 0.133. The van der Waals surface area contributed by atoms with E-state index in [0.717, 1.165) is 10.9 Å². The fourth-order valence-electron chi connectivity index (χ4n) is 1.27. The molecule has 0 aromatic heterocycles. The average molecular weight is 370 g/mol. The second-order valence-corrected chi connectivity index (χ2v) is 4.66. The van der Waals surface area contributed by atoms with Crippen LogP contribution in [-0.2, 0) is 5.33 Å². The number of alkyl halides is 2. The third kappa shape index (κ3) is 5.61. The highest BCUT2D eigenvalue weighted by atomic mass is 79.9. The van der Waals surface area contributed by atoms with Crippen molar-refractivity contribution in [3.05, 3.63) is 71.8 Å². The van der Waals surface area contributed by atoms with E-state index in [2.05, 4.69) is 44.0 Å². The van der Waals surface area contributed by atoms with E-state index in [1.165, 1.54) is 5.56 Å². The summed E-state index contributed by atoms with van der Waals surface area (Å²) < 4.78 is 0. The normalized spacial score (nSPS) is 9.22. The molecule has 3 heteroatoms. The average Bonchev–Trinajstić information content (AvgIpc) is 2.49. The summed E-state index contributed by atoms with van der Waals surface area (Å²) in [6.45, 7) is 0. The fourth-order valence-corrected chi connectivity index (χ4v) is 1.97. The molecule has 18 heavy (non-hydrogen) atoms. The van der Waals surface area contributed by atoms with E-state index in [4.69, 9.17) is 0 Å². The minimum absolute atomic E-state index is 0.126. The molecule has 0 aliphatic rings. The van der Waals surface area contributed by atoms with E-state index in [1.807, 2.05) is 48.5 Å². The molecule has 0 fully saturated rings. The summed E-state index contributed by atoms with van der Waals surface area (Å²) in [7, 11) is 0. The minimum Gasteiger partial charge on any atom is -0.293 e. The van der Waals surface area contributed by atoms with Crippen molar-refractivity contribution >= 4 is 37.6 Å². The first-order valence-corrected chi connectivity index (χ1v) is 7.76. The Labute approximate surface area is 124 Å². The van der Waals surface area contributed by atoms with Crippen LogP contribution in [-0.4, -0.2) is 11.1 Å². The lowest BCUT2D eigenvalue weighted by atomic mass is 10.2. The summed E-state index contributed by atoms with van der Waals surface area (Å²) in [5.74, 6) is 0.126. The summed E-state index contributed by atoms with van der Waals surface area (Å²) in [6, 6.07) is 19.5. The van der Waals surface area contributed by atoms with Gasteiger partial charge >= 0.3 is 0 Å². The van der Waals surface area contributed by atoms with Gasteiger partial charge in [0.05, 0.1) is 5.33 Å². The Morgan fingerprint density at radius 2 is 1.33 bits per heavy atom. The number of benzene rings is 2. The van der Waals surface area contributed by atoms with Gasteiger partial charge in [0.2, 0.25) is 0 Å². The number of carbonyl (C=O) groups excluding carboxylic acids is 1. The molecular weight excluding hydrogens is 356 g/mol. The van der Waals surface area contributed by atoms with Gasteiger partial charge in [-0.15, -0.1) is 0 Å². The molecule has 0 radical (unpaired) electrons. The molecule has 94 valence electrons. The summed E-state index contributed by atoms with van der Waals surface area (Å²) in [4.78, 5) is 11.0.